The molecule has 2 bridgehead atoms. The maximum absolute atomic E-state index is 13.6. The van der Waals surface area contributed by atoms with Crippen LogP contribution in [0.1, 0.15) is 38.2 Å². The largest absolute Gasteiger partial charge is 0.310 e. The summed E-state index contributed by atoms with van der Waals surface area (Å²) in [4.78, 5) is 0. The summed E-state index contributed by atoms with van der Waals surface area (Å²) < 4.78 is 39.6. The van der Waals surface area contributed by atoms with E-state index in [2.05, 4.69) is 12.2 Å². The van der Waals surface area contributed by atoms with E-state index in [0.717, 1.165) is 17.9 Å². The van der Waals surface area contributed by atoms with Crippen molar-refractivity contribution in [3.63, 3.8) is 0 Å². The Bertz CT molecular complexity index is 503. The number of benzene rings is 1. The molecule has 0 saturated heterocycles. The zero-order valence-corrected chi connectivity index (χ0v) is 11.6. The van der Waals surface area contributed by atoms with Gasteiger partial charge in [-0.2, -0.15) is 0 Å². The average Bonchev–Trinajstić information content (AvgIpc) is 3.03. The number of halogens is 3. The number of fused-ring (bicyclic) bond motifs is 2. The van der Waals surface area contributed by atoms with E-state index in [9.17, 15) is 13.2 Å². The molecule has 0 amide bonds. The number of hydrogen-bond donors (Lipinski definition) is 1. The first kappa shape index (κ1) is 13.9. The van der Waals surface area contributed by atoms with Crippen molar-refractivity contribution < 1.29 is 13.2 Å². The summed E-state index contributed by atoms with van der Waals surface area (Å²) in [5.74, 6) is -0.506. The van der Waals surface area contributed by atoms with Gasteiger partial charge in [0.15, 0.2) is 11.6 Å². The van der Waals surface area contributed by atoms with E-state index in [1.54, 1.807) is 0 Å². The Balaban J connectivity index is 1.60. The van der Waals surface area contributed by atoms with E-state index in [1.165, 1.54) is 25.7 Å². The molecule has 3 rings (SSSR count). The van der Waals surface area contributed by atoms with Gasteiger partial charge in [-0.1, -0.05) is 6.42 Å². The van der Waals surface area contributed by atoms with Gasteiger partial charge in [0.1, 0.15) is 5.82 Å². The topological polar surface area (TPSA) is 12.0 Å². The molecule has 4 unspecified atom stereocenters. The lowest BCUT2D eigenvalue weighted by Gasteiger charge is -2.28. The molecule has 2 saturated carbocycles. The second-order valence-electron chi connectivity index (χ2n) is 6.37. The summed E-state index contributed by atoms with van der Waals surface area (Å²) in [6.45, 7) is 2.36. The van der Waals surface area contributed by atoms with Crippen molar-refractivity contribution in [1.29, 1.82) is 0 Å². The van der Waals surface area contributed by atoms with Crippen molar-refractivity contribution in [3.8, 4) is 0 Å². The first-order valence-corrected chi connectivity index (χ1v) is 7.41. The lowest BCUT2D eigenvalue weighted by Crippen LogP contribution is -2.36. The third-order valence-electron chi connectivity index (χ3n) is 5.14. The monoisotopic (exact) mass is 283 g/mol. The predicted octanol–water partition coefficient (Wildman–Crippen LogP) is 4.02. The molecule has 0 aromatic heterocycles. The fraction of sp³-hybridized carbons (Fsp3) is 0.625. The Kier molecular flexibility index (Phi) is 3.76. The van der Waals surface area contributed by atoms with Gasteiger partial charge in [0, 0.05) is 24.2 Å². The van der Waals surface area contributed by atoms with E-state index in [1.807, 2.05) is 0 Å². The highest BCUT2D eigenvalue weighted by Gasteiger charge is 2.41. The standard InChI is InChI=1S/C16H20F3N/c1-9(13-5-10-2-3-11(13)4-10)20-8-12-6-15(18)16(19)7-14(12)17/h6-7,9-11,13,20H,2-5,8H2,1H3. The van der Waals surface area contributed by atoms with Crippen LogP contribution in [0.2, 0.25) is 0 Å². The molecule has 1 aromatic rings. The predicted molar refractivity (Wildman–Crippen MR) is 71.6 cm³/mol. The quantitative estimate of drug-likeness (QED) is 0.823. The van der Waals surface area contributed by atoms with Crippen molar-refractivity contribution in [3.05, 3.63) is 35.1 Å². The SMILES string of the molecule is CC(NCc1cc(F)c(F)cc1F)C1CC2CCC1C2. The van der Waals surface area contributed by atoms with Gasteiger partial charge in [-0.25, -0.2) is 13.2 Å². The lowest BCUT2D eigenvalue weighted by atomic mass is 9.84. The maximum atomic E-state index is 13.6. The average molecular weight is 283 g/mol. The van der Waals surface area contributed by atoms with Gasteiger partial charge in [0.25, 0.3) is 0 Å². The molecule has 2 aliphatic rings. The smallest absolute Gasteiger partial charge is 0.161 e. The van der Waals surface area contributed by atoms with E-state index in [-0.39, 0.29) is 18.2 Å². The second kappa shape index (κ2) is 5.40. The fourth-order valence-corrected chi connectivity index (χ4v) is 4.03. The van der Waals surface area contributed by atoms with Crippen LogP contribution < -0.4 is 5.32 Å². The lowest BCUT2D eigenvalue weighted by molar-refractivity contribution is 0.258. The molecular weight excluding hydrogens is 263 g/mol. The zero-order chi connectivity index (χ0) is 14.3. The Morgan fingerprint density at radius 1 is 1.10 bits per heavy atom. The van der Waals surface area contributed by atoms with Gasteiger partial charge in [0.2, 0.25) is 0 Å². The van der Waals surface area contributed by atoms with Crippen LogP contribution in [-0.4, -0.2) is 6.04 Å². The first-order valence-electron chi connectivity index (χ1n) is 7.41. The highest BCUT2D eigenvalue weighted by Crippen LogP contribution is 2.49. The van der Waals surface area contributed by atoms with Crippen LogP contribution >= 0.6 is 0 Å². The molecule has 2 aliphatic carbocycles. The Morgan fingerprint density at radius 3 is 2.50 bits per heavy atom. The Morgan fingerprint density at radius 2 is 1.85 bits per heavy atom. The molecule has 0 spiro atoms. The summed E-state index contributed by atoms with van der Waals surface area (Å²) in [6, 6.07) is 1.86. The molecule has 4 atom stereocenters. The van der Waals surface area contributed by atoms with Crippen LogP contribution in [-0.2, 0) is 6.54 Å². The normalized spacial score (nSPS) is 29.9. The molecular formula is C16H20F3N. The molecule has 2 fully saturated rings. The summed E-state index contributed by atoms with van der Waals surface area (Å²) in [6.07, 6.45) is 5.24. The number of rotatable bonds is 4. The number of nitrogens with one attached hydrogen (secondary N) is 1. The van der Waals surface area contributed by atoms with Crippen LogP contribution in [0.5, 0.6) is 0 Å². The molecule has 1 nitrogen and oxygen atoms in total. The van der Waals surface area contributed by atoms with E-state index in [0.29, 0.717) is 12.0 Å². The molecule has 110 valence electrons. The summed E-state index contributed by atoms with van der Waals surface area (Å²) in [5, 5.41) is 3.28. The zero-order valence-electron chi connectivity index (χ0n) is 11.6. The molecule has 20 heavy (non-hydrogen) atoms. The maximum Gasteiger partial charge on any atom is 0.161 e. The summed E-state index contributed by atoms with van der Waals surface area (Å²) in [7, 11) is 0. The minimum atomic E-state index is -1.13. The molecule has 0 aliphatic heterocycles. The molecule has 1 aromatic carbocycles. The molecule has 0 radical (unpaired) electrons. The molecule has 1 N–H and O–H groups in total. The van der Waals surface area contributed by atoms with Gasteiger partial charge >= 0.3 is 0 Å². The summed E-state index contributed by atoms with van der Waals surface area (Å²) in [5.41, 5.74) is 0.193. The fourth-order valence-electron chi connectivity index (χ4n) is 4.03. The number of hydrogen-bond acceptors (Lipinski definition) is 1. The summed E-state index contributed by atoms with van der Waals surface area (Å²) >= 11 is 0. The van der Waals surface area contributed by atoms with Crippen LogP contribution in [0.25, 0.3) is 0 Å². The van der Waals surface area contributed by atoms with Gasteiger partial charge in [-0.15, -0.1) is 0 Å². The third-order valence-corrected chi connectivity index (χ3v) is 5.14. The third kappa shape index (κ3) is 2.58. The minimum Gasteiger partial charge on any atom is -0.310 e. The van der Waals surface area contributed by atoms with Crippen molar-refractivity contribution in [2.45, 2.75) is 45.2 Å². The van der Waals surface area contributed by atoms with Crippen LogP contribution in [0.15, 0.2) is 12.1 Å². The van der Waals surface area contributed by atoms with Gasteiger partial charge < -0.3 is 5.32 Å². The van der Waals surface area contributed by atoms with E-state index >= 15 is 0 Å². The highest BCUT2D eigenvalue weighted by atomic mass is 19.2. The van der Waals surface area contributed by atoms with Crippen molar-refractivity contribution in [1.82, 2.24) is 5.32 Å². The minimum absolute atomic E-state index is 0.193. The van der Waals surface area contributed by atoms with E-state index in [4.69, 9.17) is 0 Å². The Hall–Kier alpha value is -1.03. The second-order valence-corrected chi connectivity index (χ2v) is 6.37. The van der Waals surface area contributed by atoms with Crippen molar-refractivity contribution >= 4 is 0 Å². The van der Waals surface area contributed by atoms with Crippen LogP contribution in [0.3, 0.4) is 0 Å². The van der Waals surface area contributed by atoms with E-state index < -0.39 is 17.5 Å². The van der Waals surface area contributed by atoms with Gasteiger partial charge in [-0.3, -0.25) is 0 Å². The highest BCUT2D eigenvalue weighted by molar-refractivity contribution is 5.20. The van der Waals surface area contributed by atoms with Gasteiger partial charge in [0.05, 0.1) is 0 Å². The van der Waals surface area contributed by atoms with Crippen molar-refractivity contribution in [2.24, 2.45) is 17.8 Å². The van der Waals surface area contributed by atoms with Crippen LogP contribution in [0.4, 0.5) is 13.2 Å². The molecule has 0 heterocycles. The van der Waals surface area contributed by atoms with Crippen LogP contribution in [0, 0.1) is 35.2 Å². The first-order chi connectivity index (χ1) is 9.54. The Labute approximate surface area is 117 Å². The van der Waals surface area contributed by atoms with Crippen molar-refractivity contribution in [2.75, 3.05) is 0 Å². The molecule has 4 heteroatoms. The van der Waals surface area contributed by atoms with Gasteiger partial charge in [-0.05, 0) is 50.0 Å².